The van der Waals surface area contributed by atoms with Crippen LogP contribution in [0.25, 0.3) is 20.8 Å². The molecule has 0 amide bonds. The van der Waals surface area contributed by atoms with Crippen molar-refractivity contribution in [1.82, 2.24) is 15.0 Å². The molecule has 1 aliphatic carbocycles. The first-order valence-electron chi connectivity index (χ1n) is 12.6. The maximum absolute atomic E-state index is 10.0. The fraction of sp³-hybridized carbons (Fsp3) is 0.444. The summed E-state index contributed by atoms with van der Waals surface area (Å²) in [6, 6.07) is 11.7. The van der Waals surface area contributed by atoms with Gasteiger partial charge in [0, 0.05) is 12.5 Å². The Morgan fingerprint density at radius 3 is 2.68 bits per heavy atom. The lowest BCUT2D eigenvalue weighted by molar-refractivity contribution is -0.158. The quantitative estimate of drug-likeness (QED) is 0.304. The van der Waals surface area contributed by atoms with E-state index in [1.165, 1.54) is 0 Å². The Morgan fingerprint density at radius 2 is 1.92 bits per heavy atom. The summed E-state index contributed by atoms with van der Waals surface area (Å²) in [4.78, 5) is 14.6. The van der Waals surface area contributed by atoms with E-state index in [1.54, 1.807) is 17.6 Å². The average molecular weight is 522 g/mol. The SMILES string of the molecule is Cc1nc(NC(C)c2ccco2)nc(N[C@@H]2C[C@H](CO)[C@H]3OC(C)(C)O[C@H]32)c1-c1nc2ccccc2s1. The molecule has 1 aromatic carbocycles. The summed E-state index contributed by atoms with van der Waals surface area (Å²) in [5, 5.41) is 17.9. The second-order valence-corrected chi connectivity index (χ2v) is 11.2. The summed E-state index contributed by atoms with van der Waals surface area (Å²) >= 11 is 1.62. The molecule has 4 aromatic rings. The van der Waals surface area contributed by atoms with E-state index < -0.39 is 5.79 Å². The number of nitrogens with zero attached hydrogens (tertiary/aromatic N) is 3. The number of ether oxygens (including phenoxy) is 2. The number of fused-ring (bicyclic) bond motifs is 2. The topological polar surface area (TPSA) is 115 Å². The molecular formula is C27H31N5O4S. The van der Waals surface area contributed by atoms with E-state index in [0.717, 1.165) is 32.2 Å². The minimum atomic E-state index is -0.703. The zero-order chi connectivity index (χ0) is 25.7. The Balaban J connectivity index is 1.39. The molecule has 0 bridgehead atoms. The van der Waals surface area contributed by atoms with Gasteiger partial charge in [0.2, 0.25) is 5.95 Å². The van der Waals surface area contributed by atoms with Crippen molar-refractivity contribution in [2.24, 2.45) is 5.92 Å². The molecule has 1 unspecified atom stereocenters. The van der Waals surface area contributed by atoms with Gasteiger partial charge in [-0.2, -0.15) is 4.98 Å². The van der Waals surface area contributed by atoms with E-state index in [9.17, 15) is 5.11 Å². The first kappa shape index (κ1) is 24.3. The Morgan fingerprint density at radius 1 is 1.11 bits per heavy atom. The average Bonchev–Trinajstić information content (AvgIpc) is 3.63. The molecule has 3 N–H and O–H groups in total. The number of nitrogens with one attached hydrogen (secondary N) is 2. The summed E-state index contributed by atoms with van der Waals surface area (Å²) in [5.74, 6) is 1.25. The van der Waals surface area contributed by atoms with Crippen molar-refractivity contribution in [3.63, 3.8) is 0 Å². The number of anilines is 2. The first-order valence-corrected chi connectivity index (χ1v) is 13.4. The number of aliphatic hydroxyl groups excluding tert-OH is 1. The maximum Gasteiger partial charge on any atom is 0.225 e. The molecule has 1 saturated carbocycles. The third-order valence-corrected chi connectivity index (χ3v) is 8.11. The lowest BCUT2D eigenvalue weighted by atomic mass is 10.1. The predicted octanol–water partition coefficient (Wildman–Crippen LogP) is 5.14. The third kappa shape index (κ3) is 4.59. The van der Waals surface area contributed by atoms with Gasteiger partial charge in [-0.3, -0.25) is 0 Å². The minimum absolute atomic E-state index is 0.0188. The number of aromatic nitrogens is 3. The van der Waals surface area contributed by atoms with Gasteiger partial charge in [-0.15, -0.1) is 11.3 Å². The van der Waals surface area contributed by atoms with Gasteiger partial charge in [0.25, 0.3) is 0 Å². The Kier molecular flexibility index (Phi) is 6.15. The second kappa shape index (κ2) is 9.36. The fourth-order valence-corrected chi connectivity index (χ4v) is 6.43. The first-order chi connectivity index (χ1) is 17.8. The van der Waals surface area contributed by atoms with E-state index in [2.05, 4.69) is 16.7 Å². The number of rotatable bonds is 7. The highest BCUT2D eigenvalue weighted by Gasteiger charge is 2.54. The molecule has 5 atom stereocenters. The third-order valence-electron chi connectivity index (χ3n) is 7.05. The van der Waals surface area contributed by atoms with Crippen LogP contribution in [-0.2, 0) is 9.47 Å². The number of furan rings is 1. The summed E-state index contributed by atoms with van der Waals surface area (Å²) < 4.78 is 19.1. The zero-order valence-electron chi connectivity index (χ0n) is 21.3. The number of thiazole rings is 1. The molecule has 0 spiro atoms. The van der Waals surface area contributed by atoms with Crippen LogP contribution in [0.2, 0.25) is 0 Å². The number of aryl methyl sites for hydroxylation is 1. The summed E-state index contributed by atoms with van der Waals surface area (Å²) in [6.45, 7) is 7.85. The molecule has 1 saturated heterocycles. The van der Waals surface area contributed by atoms with E-state index >= 15 is 0 Å². The lowest BCUT2D eigenvalue weighted by Crippen LogP contribution is -2.35. The van der Waals surface area contributed by atoms with Crippen molar-refractivity contribution in [3.05, 3.63) is 54.1 Å². The van der Waals surface area contributed by atoms with E-state index in [-0.39, 0.29) is 36.8 Å². The van der Waals surface area contributed by atoms with Crippen molar-refractivity contribution in [2.45, 2.75) is 64.2 Å². The zero-order valence-corrected chi connectivity index (χ0v) is 22.1. The van der Waals surface area contributed by atoms with Gasteiger partial charge < -0.3 is 29.6 Å². The van der Waals surface area contributed by atoms with E-state index in [4.69, 9.17) is 28.8 Å². The van der Waals surface area contributed by atoms with Crippen LogP contribution >= 0.6 is 11.3 Å². The van der Waals surface area contributed by atoms with E-state index in [1.807, 2.05) is 58.0 Å². The lowest BCUT2D eigenvalue weighted by Gasteiger charge is -2.25. The number of hydrogen-bond donors (Lipinski definition) is 3. The molecule has 37 heavy (non-hydrogen) atoms. The van der Waals surface area contributed by atoms with Crippen LogP contribution in [0.1, 0.15) is 44.7 Å². The molecule has 4 heterocycles. The van der Waals surface area contributed by atoms with Crippen LogP contribution in [0, 0.1) is 12.8 Å². The Bertz CT molecular complexity index is 1370. The van der Waals surface area contributed by atoms with Crippen LogP contribution in [0.15, 0.2) is 47.1 Å². The van der Waals surface area contributed by atoms with Crippen molar-refractivity contribution in [2.75, 3.05) is 17.2 Å². The second-order valence-electron chi connectivity index (χ2n) is 10.2. The number of para-hydroxylation sites is 1. The highest BCUT2D eigenvalue weighted by molar-refractivity contribution is 7.21. The van der Waals surface area contributed by atoms with Gasteiger partial charge in [-0.25, -0.2) is 9.97 Å². The predicted molar refractivity (Wildman–Crippen MR) is 143 cm³/mol. The van der Waals surface area contributed by atoms with Gasteiger partial charge in [-0.1, -0.05) is 12.1 Å². The minimum Gasteiger partial charge on any atom is -0.467 e. The van der Waals surface area contributed by atoms with Gasteiger partial charge in [-0.05, 0) is 58.4 Å². The van der Waals surface area contributed by atoms with Gasteiger partial charge in [0.1, 0.15) is 22.7 Å². The summed E-state index contributed by atoms with van der Waals surface area (Å²) in [7, 11) is 0. The number of hydrogen-bond acceptors (Lipinski definition) is 10. The van der Waals surface area contributed by atoms with Crippen LogP contribution in [0.3, 0.4) is 0 Å². The number of aliphatic hydroxyl groups is 1. The molecule has 194 valence electrons. The Labute approximate surface area is 219 Å². The normalized spacial score (nSPS) is 25.3. The van der Waals surface area contributed by atoms with Crippen molar-refractivity contribution in [3.8, 4) is 10.6 Å². The molecule has 6 rings (SSSR count). The fourth-order valence-electron chi connectivity index (χ4n) is 5.36. The van der Waals surface area contributed by atoms with Crippen LogP contribution < -0.4 is 10.6 Å². The molecule has 10 heteroatoms. The molecule has 2 fully saturated rings. The van der Waals surface area contributed by atoms with Crippen molar-refractivity contribution < 1.29 is 19.0 Å². The van der Waals surface area contributed by atoms with Gasteiger partial charge in [0.15, 0.2) is 5.79 Å². The maximum atomic E-state index is 10.0. The standard InChI is InChI=1S/C27H31N5O4S/c1-14(19-9-7-11-34-19)28-26-29-15(2)21(25-31-17-8-5-6-10-20(17)37-25)24(32-26)30-18-12-16(13-33)22-23(18)36-27(3,4)35-22/h5-11,14,16,18,22-23,33H,12-13H2,1-4H3,(H2,28,29,30,32)/t14?,16-,18-,22-,23+/m1/s1. The van der Waals surface area contributed by atoms with Gasteiger partial charge in [0.05, 0.1) is 45.9 Å². The smallest absolute Gasteiger partial charge is 0.225 e. The largest absolute Gasteiger partial charge is 0.467 e. The molecule has 2 aliphatic rings. The molecule has 3 aromatic heterocycles. The van der Waals surface area contributed by atoms with Crippen LogP contribution in [0.5, 0.6) is 0 Å². The van der Waals surface area contributed by atoms with E-state index in [0.29, 0.717) is 18.2 Å². The van der Waals surface area contributed by atoms with Gasteiger partial charge >= 0.3 is 0 Å². The number of benzene rings is 1. The van der Waals surface area contributed by atoms with Crippen LogP contribution in [0.4, 0.5) is 11.8 Å². The Hall–Kier alpha value is -3.05. The van der Waals surface area contributed by atoms with Crippen LogP contribution in [-0.4, -0.2) is 50.7 Å². The summed E-state index contributed by atoms with van der Waals surface area (Å²) in [6.07, 6.45) is 1.98. The van der Waals surface area contributed by atoms with Crippen molar-refractivity contribution in [1.29, 1.82) is 0 Å². The molecule has 9 nitrogen and oxygen atoms in total. The van der Waals surface area contributed by atoms with Crippen molar-refractivity contribution >= 4 is 33.3 Å². The molecule has 1 aliphatic heterocycles. The summed E-state index contributed by atoms with van der Waals surface area (Å²) in [5.41, 5.74) is 2.61. The highest BCUT2D eigenvalue weighted by Crippen LogP contribution is 2.44. The molecular weight excluding hydrogens is 490 g/mol. The monoisotopic (exact) mass is 521 g/mol. The molecule has 0 radical (unpaired) electrons. The highest BCUT2D eigenvalue weighted by atomic mass is 32.1.